The molecule has 0 heterocycles. The van der Waals surface area contributed by atoms with Crippen molar-refractivity contribution in [2.45, 2.75) is 39.5 Å². The molecule has 0 N–H and O–H groups in total. The molecule has 0 saturated carbocycles. The van der Waals surface area contributed by atoms with E-state index < -0.39 is 8.32 Å². The number of rotatable bonds is 6. The highest BCUT2D eigenvalue weighted by molar-refractivity contribution is 6.69. The van der Waals surface area contributed by atoms with Gasteiger partial charge in [0, 0.05) is 6.21 Å². The van der Waals surface area contributed by atoms with Gasteiger partial charge in [0.1, 0.15) is 5.82 Å². The van der Waals surface area contributed by atoms with Crippen LogP contribution in [0, 0.1) is 11.7 Å². The molecule has 0 aliphatic rings. The first-order valence-electron chi connectivity index (χ1n) is 6.70. The lowest BCUT2D eigenvalue weighted by Crippen LogP contribution is -2.31. The Morgan fingerprint density at radius 2 is 2.00 bits per heavy atom. The van der Waals surface area contributed by atoms with Crippen LogP contribution >= 0.6 is 0 Å². The summed E-state index contributed by atoms with van der Waals surface area (Å²) in [5.74, 6) is 0.171. The molecule has 106 valence electrons. The van der Waals surface area contributed by atoms with Gasteiger partial charge >= 0.3 is 0 Å². The number of nitrogens with zero attached hydrogens (tertiary/aromatic N) is 1. The number of benzene rings is 1. The van der Waals surface area contributed by atoms with Gasteiger partial charge in [-0.25, -0.2) is 4.39 Å². The van der Waals surface area contributed by atoms with E-state index in [4.69, 9.17) is 4.43 Å². The molecule has 0 unspecified atom stereocenters. The quantitative estimate of drug-likeness (QED) is 0.568. The zero-order valence-electron chi connectivity index (χ0n) is 12.5. The van der Waals surface area contributed by atoms with Crippen molar-refractivity contribution < 1.29 is 8.82 Å². The maximum Gasteiger partial charge on any atom is 0.183 e. The third-order valence-electron chi connectivity index (χ3n) is 2.72. The molecule has 0 aromatic heterocycles. The SMILES string of the molecule is CC(C)[C@@H](CO[Si](C)(C)C)N=Cc1cccc(F)c1. The average Bonchev–Trinajstić information content (AvgIpc) is 2.27. The third-order valence-corrected chi connectivity index (χ3v) is 3.75. The molecule has 0 radical (unpaired) electrons. The summed E-state index contributed by atoms with van der Waals surface area (Å²) in [6, 6.07) is 6.59. The van der Waals surface area contributed by atoms with Gasteiger partial charge in [-0.2, -0.15) is 0 Å². The van der Waals surface area contributed by atoms with Crippen LogP contribution in [0.3, 0.4) is 0 Å². The van der Waals surface area contributed by atoms with E-state index in [2.05, 4.69) is 38.5 Å². The fourth-order valence-electron chi connectivity index (χ4n) is 1.51. The summed E-state index contributed by atoms with van der Waals surface area (Å²) in [7, 11) is -1.52. The van der Waals surface area contributed by atoms with E-state index in [1.165, 1.54) is 12.1 Å². The predicted molar refractivity (Wildman–Crippen MR) is 81.9 cm³/mol. The Bertz CT molecular complexity index is 426. The Balaban J connectivity index is 2.68. The minimum atomic E-state index is -1.52. The Morgan fingerprint density at radius 1 is 1.32 bits per heavy atom. The molecule has 1 rings (SSSR count). The lowest BCUT2D eigenvalue weighted by molar-refractivity contribution is 0.255. The minimum Gasteiger partial charge on any atom is -0.415 e. The van der Waals surface area contributed by atoms with E-state index in [0.717, 1.165) is 5.56 Å². The third kappa shape index (κ3) is 6.64. The monoisotopic (exact) mass is 281 g/mol. The summed E-state index contributed by atoms with van der Waals surface area (Å²) in [6.07, 6.45) is 1.74. The summed E-state index contributed by atoms with van der Waals surface area (Å²) in [4.78, 5) is 4.54. The maximum atomic E-state index is 13.1. The van der Waals surface area contributed by atoms with Crippen LogP contribution in [0.25, 0.3) is 0 Å². The van der Waals surface area contributed by atoms with Gasteiger partial charge in [-0.3, -0.25) is 4.99 Å². The molecule has 0 bridgehead atoms. The number of hydrogen-bond acceptors (Lipinski definition) is 2. The highest BCUT2D eigenvalue weighted by atomic mass is 28.4. The van der Waals surface area contributed by atoms with Crippen LogP contribution in [0.15, 0.2) is 29.3 Å². The Kier molecular flexibility index (Phi) is 5.88. The maximum absolute atomic E-state index is 13.1. The molecule has 0 aliphatic carbocycles. The normalized spacial score (nSPS) is 14.3. The van der Waals surface area contributed by atoms with E-state index in [0.29, 0.717) is 12.5 Å². The molecule has 0 saturated heterocycles. The average molecular weight is 281 g/mol. The molecule has 0 amide bonds. The van der Waals surface area contributed by atoms with E-state index in [1.807, 2.05) is 6.07 Å². The van der Waals surface area contributed by atoms with Crippen LogP contribution in [0.1, 0.15) is 19.4 Å². The smallest absolute Gasteiger partial charge is 0.183 e. The van der Waals surface area contributed by atoms with Crippen molar-refractivity contribution in [1.82, 2.24) is 0 Å². The van der Waals surface area contributed by atoms with Crippen molar-refractivity contribution in [3.05, 3.63) is 35.6 Å². The van der Waals surface area contributed by atoms with Crippen molar-refractivity contribution in [2.24, 2.45) is 10.9 Å². The summed E-state index contributed by atoms with van der Waals surface area (Å²) >= 11 is 0. The van der Waals surface area contributed by atoms with E-state index in [-0.39, 0.29) is 11.9 Å². The molecule has 1 atom stereocenters. The molecule has 0 aliphatic heterocycles. The fourth-order valence-corrected chi connectivity index (χ4v) is 2.18. The molecule has 1 aromatic carbocycles. The van der Waals surface area contributed by atoms with Crippen molar-refractivity contribution in [1.29, 1.82) is 0 Å². The van der Waals surface area contributed by atoms with E-state index in [9.17, 15) is 4.39 Å². The standard InChI is InChI=1S/C15H24FNOSi/c1-12(2)15(11-18-19(3,4)5)17-10-13-7-6-8-14(16)9-13/h6-10,12,15H,11H2,1-5H3/t15-/m1/s1. The zero-order valence-corrected chi connectivity index (χ0v) is 13.5. The van der Waals surface area contributed by atoms with Crippen molar-refractivity contribution in [2.75, 3.05) is 6.61 Å². The van der Waals surface area contributed by atoms with Crippen molar-refractivity contribution >= 4 is 14.5 Å². The Hall–Kier alpha value is -1.00. The lowest BCUT2D eigenvalue weighted by Gasteiger charge is -2.23. The van der Waals surface area contributed by atoms with Gasteiger partial charge in [-0.1, -0.05) is 26.0 Å². The molecule has 0 spiro atoms. The van der Waals surface area contributed by atoms with E-state index in [1.54, 1.807) is 12.3 Å². The van der Waals surface area contributed by atoms with Gasteiger partial charge in [0.2, 0.25) is 0 Å². The van der Waals surface area contributed by atoms with Crippen molar-refractivity contribution in [3.63, 3.8) is 0 Å². The lowest BCUT2D eigenvalue weighted by atomic mass is 10.1. The van der Waals surface area contributed by atoms with Crippen LogP contribution < -0.4 is 0 Å². The van der Waals surface area contributed by atoms with Crippen LogP contribution in [-0.2, 0) is 4.43 Å². The van der Waals surface area contributed by atoms with Crippen molar-refractivity contribution in [3.8, 4) is 0 Å². The first-order chi connectivity index (χ1) is 8.78. The largest absolute Gasteiger partial charge is 0.415 e. The van der Waals surface area contributed by atoms with Crippen LogP contribution in [0.4, 0.5) is 4.39 Å². The molecule has 0 fully saturated rings. The molecule has 4 heteroatoms. The highest BCUT2D eigenvalue weighted by Gasteiger charge is 2.19. The number of halogens is 1. The Labute approximate surface area is 116 Å². The van der Waals surface area contributed by atoms with Crippen LogP contribution in [-0.4, -0.2) is 27.2 Å². The highest BCUT2D eigenvalue weighted by Crippen LogP contribution is 2.12. The first-order valence-corrected chi connectivity index (χ1v) is 10.1. The summed E-state index contributed by atoms with van der Waals surface area (Å²) in [6.45, 7) is 11.4. The first kappa shape index (κ1) is 16.1. The van der Waals surface area contributed by atoms with Crippen LogP contribution in [0.2, 0.25) is 19.6 Å². The van der Waals surface area contributed by atoms with Gasteiger partial charge in [0.05, 0.1) is 12.6 Å². The fraction of sp³-hybridized carbons (Fsp3) is 0.533. The van der Waals surface area contributed by atoms with E-state index >= 15 is 0 Å². The second-order valence-electron chi connectivity index (χ2n) is 6.07. The summed E-state index contributed by atoms with van der Waals surface area (Å²) < 4.78 is 19.0. The molecular formula is C15H24FNOSi. The molecule has 1 aromatic rings. The van der Waals surface area contributed by atoms with Gasteiger partial charge in [-0.15, -0.1) is 0 Å². The zero-order chi connectivity index (χ0) is 14.5. The summed E-state index contributed by atoms with van der Waals surface area (Å²) in [5.41, 5.74) is 0.790. The van der Waals surface area contributed by atoms with Gasteiger partial charge in [0.15, 0.2) is 8.32 Å². The molecule has 2 nitrogen and oxygen atoms in total. The molecular weight excluding hydrogens is 257 g/mol. The minimum absolute atomic E-state index is 0.120. The number of aliphatic imine (C=N–C) groups is 1. The van der Waals surface area contributed by atoms with Gasteiger partial charge in [-0.05, 0) is 43.3 Å². The van der Waals surface area contributed by atoms with Gasteiger partial charge in [0.25, 0.3) is 0 Å². The second-order valence-corrected chi connectivity index (χ2v) is 10.6. The number of hydrogen-bond donors (Lipinski definition) is 0. The summed E-state index contributed by atoms with van der Waals surface area (Å²) in [5, 5.41) is 0. The predicted octanol–water partition coefficient (Wildman–Crippen LogP) is 4.12. The Morgan fingerprint density at radius 3 is 2.53 bits per heavy atom. The van der Waals surface area contributed by atoms with Gasteiger partial charge < -0.3 is 4.43 Å². The molecule has 19 heavy (non-hydrogen) atoms. The van der Waals surface area contributed by atoms with Crippen LogP contribution in [0.5, 0.6) is 0 Å². The second kappa shape index (κ2) is 6.96. The topological polar surface area (TPSA) is 21.6 Å².